The van der Waals surface area contributed by atoms with Gasteiger partial charge in [0, 0.05) is 11.4 Å². The molecule has 0 aromatic carbocycles. The van der Waals surface area contributed by atoms with Crippen molar-refractivity contribution in [3.8, 4) is 0 Å². The minimum Gasteiger partial charge on any atom is -0.480 e. The van der Waals surface area contributed by atoms with Crippen molar-refractivity contribution in [2.45, 2.75) is 48.4 Å². The molecule has 6 heteroatoms. The number of rotatable bonds is 5. The van der Waals surface area contributed by atoms with E-state index in [1.165, 1.54) is 6.33 Å². The molecule has 1 aliphatic carbocycles. The number of likely N-dealkylation sites (N-methyl/N-ethyl adjacent to an activating group) is 1. The average Bonchev–Trinajstić information content (AvgIpc) is 2.40. The molecule has 1 fully saturated rings. The molecule has 104 valence electrons. The molecule has 0 spiro atoms. The molecule has 1 saturated carbocycles. The Hall–Kier alpha value is -1.14. The van der Waals surface area contributed by atoms with Crippen LogP contribution in [0.4, 0.5) is 0 Å². The number of aliphatic carboxylic acids is 1. The second-order valence-corrected chi connectivity index (χ2v) is 6.12. The Morgan fingerprint density at radius 2 is 2.53 bits per heavy atom. The zero-order valence-electron chi connectivity index (χ0n) is 11.0. The molecule has 2 N–H and O–H groups in total. The normalized spacial score (nSPS) is 27.1. The van der Waals surface area contributed by atoms with E-state index in [2.05, 4.69) is 15.3 Å². The van der Waals surface area contributed by atoms with E-state index in [0.29, 0.717) is 24.6 Å². The van der Waals surface area contributed by atoms with Gasteiger partial charge in [0.15, 0.2) is 0 Å². The fraction of sp³-hybridized carbons (Fsp3) is 0.615. The van der Waals surface area contributed by atoms with Gasteiger partial charge in [-0.05, 0) is 38.3 Å². The molecule has 0 saturated heterocycles. The summed E-state index contributed by atoms with van der Waals surface area (Å²) in [7, 11) is 0. The molecule has 2 atom stereocenters. The maximum atomic E-state index is 11.6. The molecule has 2 unspecified atom stereocenters. The third-order valence-electron chi connectivity index (χ3n) is 3.47. The first kappa shape index (κ1) is 14.3. The summed E-state index contributed by atoms with van der Waals surface area (Å²) in [6.45, 7) is 2.63. The van der Waals surface area contributed by atoms with E-state index in [1.54, 1.807) is 18.0 Å². The van der Waals surface area contributed by atoms with Crippen molar-refractivity contribution in [3.63, 3.8) is 0 Å². The number of thioether (sulfide) groups is 1. The highest BCUT2D eigenvalue weighted by molar-refractivity contribution is 7.99. The lowest BCUT2D eigenvalue weighted by Crippen LogP contribution is -2.55. The number of carbonyl (C=O) groups is 1. The van der Waals surface area contributed by atoms with Crippen LogP contribution in [0.5, 0.6) is 0 Å². The van der Waals surface area contributed by atoms with Crippen LogP contribution in [0.15, 0.2) is 23.6 Å². The summed E-state index contributed by atoms with van der Waals surface area (Å²) in [6, 6.07) is 1.87. The lowest BCUT2D eigenvalue weighted by atomic mass is 9.81. The summed E-state index contributed by atoms with van der Waals surface area (Å²) >= 11 is 1.66. The van der Waals surface area contributed by atoms with E-state index in [9.17, 15) is 9.90 Å². The second kappa shape index (κ2) is 6.34. The summed E-state index contributed by atoms with van der Waals surface area (Å²) in [5, 5.41) is 13.9. The van der Waals surface area contributed by atoms with E-state index < -0.39 is 11.5 Å². The molecule has 0 aliphatic heterocycles. The van der Waals surface area contributed by atoms with E-state index in [4.69, 9.17) is 0 Å². The first-order valence-electron chi connectivity index (χ1n) is 6.57. The third-order valence-corrected chi connectivity index (χ3v) is 4.69. The standard InChI is InChI=1S/C13H19N3O2S/c1-2-16-13(12(17)18)6-3-4-10(8-13)19-11-5-7-14-9-15-11/h5,7,9-10,16H,2-4,6,8H2,1H3,(H,17,18). The minimum absolute atomic E-state index is 0.291. The number of hydrogen-bond acceptors (Lipinski definition) is 5. The average molecular weight is 281 g/mol. The molecule has 0 radical (unpaired) electrons. The lowest BCUT2D eigenvalue weighted by molar-refractivity contribution is -0.146. The first-order valence-corrected chi connectivity index (χ1v) is 7.45. The summed E-state index contributed by atoms with van der Waals surface area (Å²) in [5.41, 5.74) is -0.766. The monoisotopic (exact) mass is 281 g/mol. The van der Waals surface area contributed by atoms with Crippen molar-refractivity contribution >= 4 is 17.7 Å². The highest BCUT2D eigenvalue weighted by atomic mass is 32.2. The SMILES string of the molecule is CCNC1(C(=O)O)CCCC(Sc2ccncn2)C1. The summed E-state index contributed by atoms with van der Waals surface area (Å²) in [6.07, 6.45) is 6.56. The van der Waals surface area contributed by atoms with Crippen LogP contribution in [0.25, 0.3) is 0 Å². The Kier molecular flexibility index (Phi) is 4.76. The summed E-state index contributed by atoms with van der Waals surface area (Å²) < 4.78 is 0. The molecule has 0 amide bonds. The summed E-state index contributed by atoms with van der Waals surface area (Å²) in [4.78, 5) is 19.7. The Balaban J connectivity index is 2.05. The van der Waals surface area contributed by atoms with Gasteiger partial charge in [-0.3, -0.25) is 4.79 Å². The molecule has 5 nitrogen and oxygen atoms in total. The van der Waals surface area contributed by atoms with Gasteiger partial charge in [0.05, 0.1) is 5.03 Å². The Labute approximate surface area is 117 Å². The molecular weight excluding hydrogens is 262 g/mol. The number of aromatic nitrogens is 2. The van der Waals surface area contributed by atoms with Crippen LogP contribution in [0, 0.1) is 0 Å². The predicted molar refractivity (Wildman–Crippen MR) is 74.2 cm³/mol. The van der Waals surface area contributed by atoms with E-state index in [-0.39, 0.29) is 0 Å². The molecule has 1 aromatic heterocycles. The van der Waals surface area contributed by atoms with Crippen molar-refractivity contribution in [2.24, 2.45) is 0 Å². The molecule has 1 aromatic rings. The van der Waals surface area contributed by atoms with Gasteiger partial charge in [-0.25, -0.2) is 9.97 Å². The van der Waals surface area contributed by atoms with Gasteiger partial charge >= 0.3 is 5.97 Å². The van der Waals surface area contributed by atoms with Crippen molar-refractivity contribution in [3.05, 3.63) is 18.6 Å². The van der Waals surface area contributed by atoms with Crippen molar-refractivity contribution < 1.29 is 9.90 Å². The summed E-state index contributed by atoms with van der Waals surface area (Å²) in [5.74, 6) is -0.734. The van der Waals surface area contributed by atoms with Gasteiger partial charge in [-0.15, -0.1) is 11.8 Å². The fourth-order valence-electron chi connectivity index (χ4n) is 2.61. The van der Waals surface area contributed by atoms with Crippen LogP contribution in [0.2, 0.25) is 0 Å². The molecule has 0 bridgehead atoms. The number of nitrogens with zero attached hydrogens (tertiary/aromatic N) is 2. The van der Waals surface area contributed by atoms with E-state index in [1.807, 2.05) is 13.0 Å². The highest BCUT2D eigenvalue weighted by Crippen LogP contribution is 2.37. The molecule has 1 aliphatic rings. The smallest absolute Gasteiger partial charge is 0.323 e. The van der Waals surface area contributed by atoms with Crippen LogP contribution in [0.3, 0.4) is 0 Å². The third kappa shape index (κ3) is 3.45. The van der Waals surface area contributed by atoms with Crippen LogP contribution < -0.4 is 5.32 Å². The Morgan fingerprint density at radius 1 is 1.68 bits per heavy atom. The Morgan fingerprint density at radius 3 is 3.16 bits per heavy atom. The van der Waals surface area contributed by atoms with Gasteiger partial charge in [0.25, 0.3) is 0 Å². The predicted octanol–water partition coefficient (Wildman–Crippen LogP) is 1.94. The van der Waals surface area contributed by atoms with Gasteiger partial charge in [0.1, 0.15) is 11.9 Å². The fourth-order valence-corrected chi connectivity index (χ4v) is 3.85. The minimum atomic E-state index is -0.766. The topological polar surface area (TPSA) is 75.1 Å². The molecule has 19 heavy (non-hydrogen) atoms. The first-order chi connectivity index (χ1) is 9.16. The molecular formula is C13H19N3O2S. The largest absolute Gasteiger partial charge is 0.480 e. The zero-order chi connectivity index (χ0) is 13.7. The number of nitrogens with one attached hydrogen (secondary N) is 1. The zero-order valence-corrected chi connectivity index (χ0v) is 11.8. The van der Waals surface area contributed by atoms with Crippen LogP contribution in [0.1, 0.15) is 32.6 Å². The van der Waals surface area contributed by atoms with Crippen LogP contribution >= 0.6 is 11.8 Å². The van der Waals surface area contributed by atoms with Crippen LogP contribution in [-0.4, -0.2) is 38.4 Å². The highest BCUT2D eigenvalue weighted by Gasteiger charge is 2.42. The second-order valence-electron chi connectivity index (χ2n) is 4.80. The quantitative estimate of drug-likeness (QED) is 0.803. The van der Waals surface area contributed by atoms with Crippen molar-refractivity contribution in [2.75, 3.05) is 6.54 Å². The maximum Gasteiger partial charge on any atom is 0.323 e. The Bertz CT molecular complexity index is 425. The van der Waals surface area contributed by atoms with Crippen molar-refractivity contribution in [1.29, 1.82) is 0 Å². The van der Waals surface area contributed by atoms with Gasteiger partial charge in [-0.2, -0.15) is 0 Å². The maximum absolute atomic E-state index is 11.6. The van der Waals surface area contributed by atoms with Crippen LogP contribution in [-0.2, 0) is 4.79 Å². The lowest BCUT2D eigenvalue weighted by Gasteiger charge is -2.37. The van der Waals surface area contributed by atoms with Gasteiger partial charge < -0.3 is 10.4 Å². The van der Waals surface area contributed by atoms with Gasteiger partial charge in [0.2, 0.25) is 0 Å². The van der Waals surface area contributed by atoms with Gasteiger partial charge in [-0.1, -0.05) is 6.92 Å². The van der Waals surface area contributed by atoms with Crippen molar-refractivity contribution in [1.82, 2.24) is 15.3 Å². The molecule has 1 heterocycles. The number of hydrogen-bond donors (Lipinski definition) is 2. The number of carboxylic acids is 1. The number of carboxylic acid groups (broad SMARTS) is 1. The van der Waals surface area contributed by atoms with E-state index in [0.717, 1.165) is 17.9 Å². The molecule has 2 rings (SSSR count). The van der Waals surface area contributed by atoms with E-state index >= 15 is 0 Å².